The molecule has 146 valence electrons. The minimum atomic E-state index is 0.0672. The van der Waals surface area contributed by atoms with Gasteiger partial charge >= 0.3 is 0 Å². The van der Waals surface area contributed by atoms with Crippen molar-refractivity contribution in [2.24, 2.45) is 0 Å². The van der Waals surface area contributed by atoms with Gasteiger partial charge in [0.15, 0.2) is 0 Å². The van der Waals surface area contributed by atoms with E-state index in [0.717, 1.165) is 24.2 Å². The van der Waals surface area contributed by atoms with E-state index in [1.165, 1.54) is 5.56 Å². The molecular formula is C21H26N6O. The number of phenols is 1. The van der Waals surface area contributed by atoms with Gasteiger partial charge in [-0.15, -0.1) is 10.2 Å². The Morgan fingerprint density at radius 1 is 1.04 bits per heavy atom. The molecule has 1 saturated heterocycles. The van der Waals surface area contributed by atoms with Crippen molar-refractivity contribution in [3.05, 3.63) is 59.7 Å². The molecule has 0 aliphatic carbocycles. The largest absolute Gasteiger partial charge is 0.508 e. The van der Waals surface area contributed by atoms with Gasteiger partial charge in [-0.25, -0.2) is 0 Å². The average Bonchev–Trinajstić information content (AvgIpc) is 3.21. The molecule has 1 aliphatic rings. The van der Waals surface area contributed by atoms with Crippen molar-refractivity contribution >= 4 is 0 Å². The molecular weight excluding hydrogens is 352 g/mol. The van der Waals surface area contributed by atoms with Gasteiger partial charge in [-0.05, 0) is 49.4 Å². The minimum Gasteiger partial charge on any atom is -0.508 e. The van der Waals surface area contributed by atoms with Gasteiger partial charge in [0.2, 0.25) is 5.82 Å². The average molecular weight is 378 g/mol. The van der Waals surface area contributed by atoms with Crippen LogP contribution in [0.1, 0.15) is 31.0 Å². The molecule has 3 atom stereocenters. The van der Waals surface area contributed by atoms with Gasteiger partial charge in [-0.3, -0.25) is 4.90 Å². The molecule has 0 unspecified atom stereocenters. The number of phenolic OH excluding ortho intramolecular Hbond substituents is 1. The Hall–Kier alpha value is -2.77. The lowest BCUT2D eigenvalue weighted by Crippen LogP contribution is -2.55. The Kier molecular flexibility index (Phi) is 5.11. The molecule has 0 spiro atoms. The number of piperazine rings is 1. The van der Waals surface area contributed by atoms with Crippen molar-refractivity contribution in [2.75, 3.05) is 20.1 Å². The Bertz CT molecular complexity index is 911. The van der Waals surface area contributed by atoms with Crippen molar-refractivity contribution < 1.29 is 5.11 Å². The molecule has 4 rings (SSSR count). The third-order valence-electron chi connectivity index (χ3n) is 5.69. The summed E-state index contributed by atoms with van der Waals surface area (Å²) in [6.07, 6.45) is 0. The van der Waals surface area contributed by atoms with Gasteiger partial charge in [0, 0.05) is 30.7 Å². The molecule has 1 fully saturated rings. The molecule has 7 heteroatoms. The smallest absolute Gasteiger partial charge is 0.204 e. The summed E-state index contributed by atoms with van der Waals surface area (Å²) >= 11 is 0. The van der Waals surface area contributed by atoms with Crippen molar-refractivity contribution in [3.63, 3.8) is 0 Å². The predicted octanol–water partition coefficient (Wildman–Crippen LogP) is 2.69. The van der Waals surface area contributed by atoms with E-state index in [1.54, 1.807) is 6.07 Å². The van der Waals surface area contributed by atoms with Gasteiger partial charge in [0.1, 0.15) is 5.75 Å². The highest BCUT2D eigenvalue weighted by Gasteiger charge is 2.33. The number of tetrazole rings is 1. The monoisotopic (exact) mass is 378 g/mol. The maximum absolute atomic E-state index is 10.1. The van der Waals surface area contributed by atoms with Crippen LogP contribution in [0.15, 0.2) is 48.5 Å². The second kappa shape index (κ2) is 7.69. The van der Waals surface area contributed by atoms with E-state index in [1.807, 2.05) is 24.3 Å². The van der Waals surface area contributed by atoms with Gasteiger partial charge in [0.05, 0.1) is 6.04 Å². The first-order valence-corrected chi connectivity index (χ1v) is 9.61. The Balaban J connectivity index is 1.73. The van der Waals surface area contributed by atoms with Crippen LogP contribution in [-0.4, -0.2) is 67.8 Å². The number of aromatic nitrogens is 4. The Morgan fingerprint density at radius 3 is 2.50 bits per heavy atom. The summed E-state index contributed by atoms with van der Waals surface area (Å²) in [5.41, 5.74) is 3.20. The zero-order chi connectivity index (χ0) is 19.7. The molecule has 0 amide bonds. The quantitative estimate of drug-likeness (QED) is 0.726. The van der Waals surface area contributed by atoms with Gasteiger partial charge < -0.3 is 10.0 Å². The van der Waals surface area contributed by atoms with E-state index in [2.05, 4.69) is 69.5 Å². The predicted molar refractivity (Wildman–Crippen MR) is 108 cm³/mol. The number of hydrogen-bond donors (Lipinski definition) is 2. The van der Waals surface area contributed by atoms with Crippen molar-refractivity contribution in [2.45, 2.75) is 32.0 Å². The summed E-state index contributed by atoms with van der Waals surface area (Å²) in [5.74, 6) is 0.878. The minimum absolute atomic E-state index is 0.0672. The van der Waals surface area contributed by atoms with Crippen molar-refractivity contribution in [1.82, 2.24) is 30.4 Å². The van der Waals surface area contributed by atoms with Gasteiger partial charge in [0.25, 0.3) is 0 Å². The van der Waals surface area contributed by atoms with Crippen LogP contribution in [0.3, 0.4) is 0 Å². The maximum atomic E-state index is 10.1. The highest BCUT2D eigenvalue weighted by molar-refractivity contribution is 5.55. The summed E-state index contributed by atoms with van der Waals surface area (Å²) in [5, 5.41) is 24.3. The number of nitrogens with one attached hydrogen (secondary N) is 1. The molecule has 28 heavy (non-hydrogen) atoms. The SMILES string of the molecule is C[C@@H]1CN([C@H](c2ccc(-c3nn[nH]n3)cc2)c2cccc(O)c2)[C@@H](C)CN1C. The van der Waals surface area contributed by atoms with E-state index in [9.17, 15) is 5.11 Å². The van der Waals surface area contributed by atoms with Crippen LogP contribution < -0.4 is 0 Å². The highest BCUT2D eigenvalue weighted by Crippen LogP contribution is 2.34. The Labute approximate surface area is 165 Å². The lowest BCUT2D eigenvalue weighted by molar-refractivity contribution is 0.0389. The standard InChI is InChI=1S/C21H26N6O/c1-14-13-27(15(2)12-26(14)3)20(18-5-4-6-19(28)11-18)16-7-9-17(10-8-16)21-22-24-25-23-21/h4-11,14-15,20,28H,12-13H2,1-3H3,(H,22,23,24,25)/t14-,15+,20-/m1/s1. The second-order valence-corrected chi connectivity index (χ2v) is 7.69. The number of aromatic hydroxyl groups is 1. The first-order valence-electron chi connectivity index (χ1n) is 9.61. The van der Waals surface area contributed by atoms with Crippen LogP contribution in [0.4, 0.5) is 0 Å². The number of nitrogens with zero attached hydrogens (tertiary/aromatic N) is 5. The first kappa shape index (κ1) is 18.6. The zero-order valence-corrected chi connectivity index (χ0v) is 16.4. The first-order chi connectivity index (χ1) is 13.5. The normalized spacial score (nSPS) is 22.2. The summed E-state index contributed by atoms with van der Waals surface area (Å²) in [4.78, 5) is 4.93. The van der Waals surface area contributed by atoms with Gasteiger partial charge in [-0.1, -0.05) is 36.4 Å². The number of likely N-dealkylation sites (N-methyl/N-ethyl adjacent to an activating group) is 1. The number of H-pyrrole nitrogens is 1. The van der Waals surface area contributed by atoms with E-state index >= 15 is 0 Å². The second-order valence-electron chi connectivity index (χ2n) is 7.69. The number of benzene rings is 2. The molecule has 3 aromatic rings. The number of aromatic amines is 1. The zero-order valence-electron chi connectivity index (χ0n) is 16.4. The summed E-state index contributed by atoms with van der Waals surface area (Å²) in [7, 11) is 2.18. The molecule has 0 bridgehead atoms. The summed E-state index contributed by atoms with van der Waals surface area (Å²) < 4.78 is 0. The molecule has 7 nitrogen and oxygen atoms in total. The Morgan fingerprint density at radius 2 is 1.82 bits per heavy atom. The third-order valence-corrected chi connectivity index (χ3v) is 5.69. The van der Waals surface area contributed by atoms with E-state index < -0.39 is 0 Å². The van der Waals surface area contributed by atoms with Crippen molar-refractivity contribution in [1.29, 1.82) is 0 Å². The molecule has 1 aromatic heterocycles. The number of hydrogen-bond acceptors (Lipinski definition) is 6. The van der Waals surface area contributed by atoms with E-state index in [0.29, 0.717) is 23.7 Å². The van der Waals surface area contributed by atoms with Crippen molar-refractivity contribution in [3.8, 4) is 17.1 Å². The fourth-order valence-corrected chi connectivity index (χ4v) is 4.05. The fraction of sp³-hybridized carbons (Fsp3) is 0.381. The van der Waals surface area contributed by atoms with Crippen LogP contribution in [0.2, 0.25) is 0 Å². The molecule has 1 aliphatic heterocycles. The summed E-state index contributed by atoms with van der Waals surface area (Å²) in [6, 6.07) is 16.8. The van der Waals surface area contributed by atoms with Crippen LogP contribution in [-0.2, 0) is 0 Å². The van der Waals surface area contributed by atoms with Crippen LogP contribution in [0.5, 0.6) is 5.75 Å². The molecule has 2 N–H and O–H groups in total. The highest BCUT2D eigenvalue weighted by atomic mass is 16.3. The number of rotatable bonds is 4. The lowest BCUT2D eigenvalue weighted by Gasteiger charge is -2.46. The topological polar surface area (TPSA) is 81.2 Å². The van der Waals surface area contributed by atoms with Crippen LogP contribution >= 0.6 is 0 Å². The van der Waals surface area contributed by atoms with E-state index in [4.69, 9.17) is 0 Å². The molecule has 0 radical (unpaired) electrons. The maximum Gasteiger partial charge on any atom is 0.204 e. The third kappa shape index (κ3) is 3.63. The van der Waals surface area contributed by atoms with E-state index in [-0.39, 0.29) is 6.04 Å². The van der Waals surface area contributed by atoms with Crippen LogP contribution in [0.25, 0.3) is 11.4 Å². The molecule has 2 heterocycles. The molecule has 2 aromatic carbocycles. The summed E-state index contributed by atoms with van der Waals surface area (Å²) in [6.45, 7) is 6.51. The van der Waals surface area contributed by atoms with Gasteiger partial charge in [-0.2, -0.15) is 5.21 Å². The van der Waals surface area contributed by atoms with Crippen LogP contribution in [0, 0.1) is 0 Å². The fourth-order valence-electron chi connectivity index (χ4n) is 4.05. The lowest BCUT2D eigenvalue weighted by atomic mass is 9.93. The molecule has 0 saturated carbocycles.